The van der Waals surface area contributed by atoms with Crippen LogP contribution < -0.4 is 5.73 Å². The van der Waals surface area contributed by atoms with Crippen LogP contribution >= 0.6 is 12.6 Å². The van der Waals surface area contributed by atoms with Gasteiger partial charge in [-0.1, -0.05) is 12.1 Å². The van der Waals surface area contributed by atoms with Crippen LogP contribution in [0.4, 0.5) is 19.0 Å². The molecule has 0 aliphatic heterocycles. The molecular formula is C12H10F3N3S. The molecule has 1 heterocycles. The number of nitrogens with zero attached hydrogens (tertiary/aromatic N) is 2. The van der Waals surface area contributed by atoms with Gasteiger partial charge in [-0.05, 0) is 19.1 Å². The minimum absolute atomic E-state index is 0.142. The van der Waals surface area contributed by atoms with E-state index in [2.05, 4.69) is 22.6 Å². The summed E-state index contributed by atoms with van der Waals surface area (Å²) in [5.74, 6) is 0.519. The number of hydrogen-bond donors (Lipinski definition) is 2. The van der Waals surface area contributed by atoms with Crippen LogP contribution in [0.5, 0.6) is 0 Å². The molecule has 7 heteroatoms. The number of halogens is 3. The van der Waals surface area contributed by atoms with Gasteiger partial charge in [0, 0.05) is 5.56 Å². The Bertz CT molecular complexity index is 626. The predicted molar refractivity (Wildman–Crippen MR) is 68.9 cm³/mol. The summed E-state index contributed by atoms with van der Waals surface area (Å²) in [6.07, 6.45) is -4.40. The van der Waals surface area contributed by atoms with E-state index in [0.717, 1.165) is 12.1 Å². The van der Waals surface area contributed by atoms with Gasteiger partial charge in [0.05, 0.1) is 16.2 Å². The molecule has 0 amide bonds. The van der Waals surface area contributed by atoms with Crippen molar-refractivity contribution < 1.29 is 13.2 Å². The number of nitrogens with two attached hydrogens (primary N) is 1. The summed E-state index contributed by atoms with van der Waals surface area (Å²) in [5, 5.41) is 0. The number of aromatic nitrogens is 2. The van der Waals surface area contributed by atoms with E-state index < -0.39 is 11.7 Å². The number of benzene rings is 1. The minimum atomic E-state index is -4.40. The monoisotopic (exact) mass is 285 g/mol. The van der Waals surface area contributed by atoms with E-state index in [4.69, 9.17) is 5.73 Å². The van der Waals surface area contributed by atoms with E-state index in [1.165, 1.54) is 12.1 Å². The van der Waals surface area contributed by atoms with Crippen LogP contribution in [0.2, 0.25) is 0 Å². The summed E-state index contributed by atoms with van der Waals surface area (Å²) < 4.78 is 38.0. The third-order valence-corrected chi connectivity index (χ3v) is 2.93. The maximum Gasteiger partial charge on any atom is 0.416 e. The fourth-order valence-electron chi connectivity index (χ4n) is 1.63. The number of thiol groups is 1. The first kappa shape index (κ1) is 13.7. The van der Waals surface area contributed by atoms with Crippen LogP contribution in [-0.4, -0.2) is 9.97 Å². The van der Waals surface area contributed by atoms with Gasteiger partial charge in [0.25, 0.3) is 0 Å². The van der Waals surface area contributed by atoms with Crippen molar-refractivity contribution in [1.29, 1.82) is 0 Å². The molecule has 1 aromatic carbocycles. The lowest BCUT2D eigenvalue weighted by Crippen LogP contribution is -2.05. The Kier molecular flexibility index (Phi) is 3.40. The van der Waals surface area contributed by atoms with Crippen molar-refractivity contribution in [2.75, 3.05) is 5.73 Å². The molecule has 2 aromatic rings. The molecule has 100 valence electrons. The maximum atomic E-state index is 12.7. The van der Waals surface area contributed by atoms with Gasteiger partial charge in [0.15, 0.2) is 0 Å². The Morgan fingerprint density at radius 2 is 1.89 bits per heavy atom. The molecule has 0 saturated heterocycles. The molecular weight excluding hydrogens is 275 g/mol. The van der Waals surface area contributed by atoms with Crippen molar-refractivity contribution in [3.8, 4) is 11.3 Å². The average Bonchev–Trinajstić information content (AvgIpc) is 2.33. The van der Waals surface area contributed by atoms with Crippen LogP contribution in [0.1, 0.15) is 11.4 Å². The highest BCUT2D eigenvalue weighted by atomic mass is 32.1. The van der Waals surface area contributed by atoms with Gasteiger partial charge >= 0.3 is 6.18 Å². The number of rotatable bonds is 1. The quantitative estimate of drug-likeness (QED) is 0.790. The standard InChI is InChI=1S/C12H10F3N3S/c1-6-17-9(10(19)11(16)18-6)7-3-2-4-8(5-7)12(13,14)15/h2-5,19H,1H3,(H2,16,17,18). The largest absolute Gasteiger partial charge is 0.416 e. The molecule has 0 fully saturated rings. The van der Waals surface area contributed by atoms with Crippen LogP contribution in [0.3, 0.4) is 0 Å². The smallest absolute Gasteiger partial charge is 0.383 e. The molecule has 3 nitrogen and oxygen atoms in total. The van der Waals surface area contributed by atoms with Gasteiger partial charge < -0.3 is 5.73 Å². The van der Waals surface area contributed by atoms with Crippen molar-refractivity contribution in [3.05, 3.63) is 35.7 Å². The molecule has 0 radical (unpaired) electrons. The third-order valence-electron chi connectivity index (χ3n) is 2.49. The highest BCUT2D eigenvalue weighted by Gasteiger charge is 2.30. The fourth-order valence-corrected chi connectivity index (χ4v) is 1.86. The van der Waals surface area contributed by atoms with Crippen molar-refractivity contribution in [3.63, 3.8) is 0 Å². The van der Waals surface area contributed by atoms with E-state index in [9.17, 15) is 13.2 Å². The molecule has 0 unspecified atom stereocenters. The van der Waals surface area contributed by atoms with Crippen LogP contribution in [0, 0.1) is 6.92 Å². The Hall–Kier alpha value is -1.76. The second-order valence-electron chi connectivity index (χ2n) is 3.93. The van der Waals surface area contributed by atoms with Crippen LogP contribution in [0.25, 0.3) is 11.3 Å². The average molecular weight is 285 g/mol. The molecule has 2 rings (SSSR count). The van der Waals surface area contributed by atoms with Crippen molar-refractivity contribution >= 4 is 18.4 Å². The Labute approximate surface area is 113 Å². The molecule has 0 saturated carbocycles. The van der Waals surface area contributed by atoms with Gasteiger partial charge in [-0.2, -0.15) is 13.2 Å². The SMILES string of the molecule is Cc1nc(N)c(S)c(-c2cccc(C(F)(F)F)c2)n1. The first-order valence-electron chi connectivity index (χ1n) is 5.30. The molecule has 0 spiro atoms. The predicted octanol–water partition coefficient (Wildman–Crippen LogP) is 3.34. The molecule has 19 heavy (non-hydrogen) atoms. The summed E-state index contributed by atoms with van der Waals surface area (Å²) in [4.78, 5) is 8.26. The number of hydrogen-bond acceptors (Lipinski definition) is 4. The Morgan fingerprint density at radius 1 is 1.21 bits per heavy atom. The van der Waals surface area contributed by atoms with Gasteiger partial charge in [-0.3, -0.25) is 0 Å². The number of nitrogen functional groups attached to an aromatic ring is 1. The first-order valence-corrected chi connectivity index (χ1v) is 5.74. The topological polar surface area (TPSA) is 51.8 Å². The zero-order valence-corrected chi connectivity index (χ0v) is 10.8. The molecule has 0 bridgehead atoms. The van der Waals surface area contributed by atoms with E-state index in [1.807, 2.05) is 0 Å². The lowest BCUT2D eigenvalue weighted by Gasteiger charge is -2.11. The van der Waals surface area contributed by atoms with E-state index >= 15 is 0 Å². The molecule has 0 aliphatic rings. The zero-order valence-electron chi connectivity index (χ0n) is 9.86. The van der Waals surface area contributed by atoms with Gasteiger partial charge in [-0.15, -0.1) is 12.6 Å². The second-order valence-corrected chi connectivity index (χ2v) is 4.38. The molecule has 2 N–H and O–H groups in total. The summed E-state index contributed by atoms with van der Waals surface area (Å²) in [5.41, 5.74) is 5.48. The number of anilines is 1. The number of alkyl halides is 3. The van der Waals surface area contributed by atoms with Gasteiger partial charge in [0.1, 0.15) is 11.6 Å². The number of aryl methyl sites for hydroxylation is 1. The fraction of sp³-hybridized carbons (Fsp3) is 0.167. The van der Waals surface area contributed by atoms with E-state index in [-0.39, 0.29) is 10.7 Å². The Morgan fingerprint density at radius 3 is 2.53 bits per heavy atom. The van der Waals surface area contributed by atoms with Crippen molar-refractivity contribution in [2.45, 2.75) is 18.0 Å². The van der Waals surface area contributed by atoms with Crippen molar-refractivity contribution in [1.82, 2.24) is 9.97 Å². The normalized spacial score (nSPS) is 11.6. The van der Waals surface area contributed by atoms with Crippen LogP contribution in [0.15, 0.2) is 29.2 Å². The highest BCUT2D eigenvalue weighted by Crippen LogP contribution is 2.34. The summed E-state index contributed by atoms with van der Waals surface area (Å²) in [6, 6.07) is 4.86. The highest BCUT2D eigenvalue weighted by molar-refractivity contribution is 7.80. The zero-order chi connectivity index (χ0) is 14.2. The molecule has 1 aromatic heterocycles. The summed E-state index contributed by atoms with van der Waals surface area (Å²) in [7, 11) is 0. The van der Waals surface area contributed by atoms with E-state index in [1.54, 1.807) is 6.92 Å². The maximum absolute atomic E-state index is 12.7. The van der Waals surface area contributed by atoms with Gasteiger partial charge in [-0.25, -0.2) is 9.97 Å². The second kappa shape index (κ2) is 4.73. The summed E-state index contributed by atoms with van der Waals surface area (Å²) >= 11 is 4.15. The van der Waals surface area contributed by atoms with Gasteiger partial charge in [0.2, 0.25) is 0 Å². The minimum Gasteiger partial charge on any atom is -0.383 e. The molecule has 0 aliphatic carbocycles. The van der Waals surface area contributed by atoms with Crippen LogP contribution in [-0.2, 0) is 6.18 Å². The Balaban J connectivity index is 2.60. The molecule has 0 atom stereocenters. The summed E-state index contributed by atoms with van der Waals surface area (Å²) in [6.45, 7) is 1.61. The van der Waals surface area contributed by atoms with Crippen molar-refractivity contribution in [2.24, 2.45) is 0 Å². The van der Waals surface area contributed by atoms with E-state index in [0.29, 0.717) is 17.1 Å². The third kappa shape index (κ3) is 2.81. The lowest BCUT2D eigenvalue weighted by molar-refractivity contribution is -0.137. The first-order chi connectivity index (χ1) is 8.79. The lowest BCUT2D eigenvalue weighted by atomic mass is 10.1.